The molecule has 0 spiro atoms. The highest BCUT2D eigenvalue weighted by molar-refractivity contribution is 6.22. The predicted molar refractivity (Wildman–Crippen MR) is 114 cm³/mol. The van der Waals surface area contributed by atoms with E-state index in [1.165, 1.54) is 27.2 Å². The Balaban J connectivity index is 1.95. The lowest BCUT2D eigenvalue weighted by Crippen LogP contribution is -2.16. The molecule has 140 valence electrons. The number of rotatable bonds is 6. The molecule has 4 aromatic rings. The van der Waals surface area contributed by atoms with Gasteiger partial charge in [0.1, 0.15) is 5.75 Å². The van der Waals surface area contributed by atoms with Gasteiger partial charge in [-0.1, -0.05) is 0 Å². The molecular formula is C22H26N4O. The summed E-state index contributed by atoms with van der Waals surface area (Å²) in [6.07, 6.45) is 4.91. The number of nitrogens with one attached hydrogen (secondary N) is 2. The molecule has 0 amide bonds. The zero-order valence-electron chi connectivity index (χ0n) is 16.4. The van der Waals surface area contributed by atoms with Crippen molar-refractivity contribution in [1.82, 2.24) is 14.9 Å². The van der Waals surface area contributed by atoms with Gasteiger partial charge in [-0.15, -0.1) is 0 Å². The molecule has 0 saturated heterocycles. The van der Waals surface area contributed by atoms with Crippen molar-refractivity contribution in [2.75, 3.05) is 39.6 Å². The maximum absolute atomic E-state index is 5.47. The summed E-state index contributed by atoms with van der Waals surface area (Å²) >= 11 is 0. The van der Waals surface area contributed by atoms with Crippen LogP contribution in [-0.2, 0) is 0 Å². The van der Waals surface area contributed by atoms with Gasteiger partial charge in [-0.05, 0) is 69.2 Å². The largest absolute Gasteiger partial charge is 0.497 e. The van der Waals surface area contributed by atoms with Crippen LogP contribution in [0.3, 0.4) is 0 Å². The van der Waals surface area contributed by atoms with Gasteiger partial charge < -0.3 is 19.9 Å². The Bertz CT molecular complexity index is 1110. The molecule has 0 aliphatic rings. The number of ether oxygens (including phenoxy) is 1. The number of H-pyrrole nitrogens is 1. The van der Waals surface area contributed by atoms with Crippen molar-refractivity contribution in [1.29, 1.82) is 0 Å². The van der Waals surface area contributed by atoms with Crippen molar-refractivity contribution in [2.24, 2.45) is 0 Å². The first-order chi connectivity index (χ1) is 13.1. The number of hydrogen-bond donors (Lipinski definition) is 2. The standard InChI is InChI=1S/C22H26N4O/c1-14-16-8-10-23-13-18(16)22(24-9-5-11-26(2)3)20-17-12-15(27-4)6-7-19(17)25-21(14)20/h6-8,10,12-13,24-25H,5,9,11H2,1-4H3. The van der Waals surface area contributed by atoms with Crippen LogP contribution in [0, 0.1) is 6.92 Å². The van der Waals surface area contributed by atoms with Crippen molar-refractivity contribution in [3.8, 4) is 5.75 Å². The van der Waals surface area contributed by atoms with Crippen LogP contribution >= 0.6 is 0 Å². The van der Waals surface area contributed by atoms with Gasteiger partial charge in [0.25, 0.3) is 0 Å². The highest BCUT2D eigenvalue weighted by atomic mass is 16.5. The third-order valence-corrected chi connectivity index (χ3v) is 5.21. The summed E-state index contributed by atoms with van der Waals surface area (Å²) in [6.45, 7) is 4.14. The normalized spacial score (nSPS) is 11.7. The summed E-state index contributed by atoms with van der Waals surface area (Å²) in [5, 5.41) is 8.48. The minimum Gasteiger partial charge on any atom is -0.497 e. The summed E-state index contributed by atoms with van der Waals surface area (Å²) in [5.41, 5.74) is 4.69. The van der Waals surface area contributed by atoms with Gasteiger partial charge in [0.2, 0.25) is 0 Å². The Morgan fingerprint density at radius 3 is 2.78 bits per heavy atom. The molecule has 4 rings (SSSR count). The van der Waals surface area contributed by atoms with Gasteiger partial charge in [-0.2, -0.15) is 0 Å². The smallest absolute Gasteiger partial charge is 0.119 e. The second-order valence-corrected chi connectivity index (χ2v) is 7.29. The Hall–Kier alpha value is -2.79. The molecule has 2 N–H and O–H groups in total. The number of hydrogen-bond acceptors (Lipinski definition) is 4. The lowest BCUT2D eigenvalue weighted by atomic mass is 9.99. The van der Waals surface area contributed by atoms with E-state index in [1.54, 1.807) is 7.11 Å². The van der Waals surface area contributed by atoms with Crippen molar-refractivity contribution in [2.45, 2.75) is 13.3 Å². The minimum absolute atomic E-state index is 0.867. The van der Waals surface area contributed by atoms with Crippen LogP contribution in [0.25, 0.3) is 32.6 Å². The van der Waals surface area contributed by atoms with Gasteiger partial charge in [-0.25, -0.2) is 0 Å². The van der Waals surface area contributed by atoms with E-state index in [0.717, 1.165) is 41.9 Å². The van der Waals surface area contributed by atoms with E-state index in [0.29, 0.717) is 0 Å². The van der Waals surface area contributed by atoms with Crippen LogP contribution in [0.4, 0.5) is 5.69 Å². The Kier molecular flexibility index (Phi) is 4.62. The van der Waals surface area contributed by atoms with Crippen LogP contribution < -0.4 is 10.1 Å². The maximum atomic E-state index is 5.47. The fourth-order valence-corrected chi connectivity index (χ4v) is 3.82. The quantitative estimate of drug-likeness (QED) is 0.494. The second-order valence-electron chi connectivity index (χ2n) is 7.29. The Morgan fingerprint density at radius 1 is 1.15 bits per heavy atom. The molecule has 2 aromatic heterocycles. The first kappa shape index (κ1) is 17.6. The van der Waals surface area contributed by atoms with Gasteiger partial charge in [0.15, 0.2) is 0 Å². The van der Waals surface area contributed by atoms with Crippen molar-refractivity contribution >= 4 is 38.3 Å². The average molecular weight is 362 g/mol. The third-order valence-electron chi connectivity index (χ3n) is 5.21. The molecular weight excluding hydrogens is 336 g/mol. The highest BCUT2D eigenvalue weighted by Gasteiger charge is 2.16. The van der Waals surface area contributed by atoms with Crippen molar-refractivity contribution < 1.29 is 4.74 Å². The molecule has 0 atom stereocenters. The number of fused-ring (bicyclic) bond motifs is 4. The fraction of sp³-hybridized carbons (Fsp3) is 0.318. The summed E-state index contributed by atoms with van der Waals surface area (Å²) in [4.78, 5) is 10.2. The highest BCUT2D eigenvalue weighted by Crippen LogP contribution is 2.40. The molecule has 0 radical (unpaired) electrons. The van der Waals surface area contributed by atoms with Crippen LogP contribution in [-0.4, -0.2) is 49.2 Å². The van der Waals surface area contributed by atoms with E-state index in [-0.39, 0.29) is 0 Å². The number of pyridine rings is 1. The SMILES string of the molecule is COc1ccc2[nH]c3c(C)c4ccncc4c(NCCCN(C)C)c3c2c1. The van der Waals surface area contributed by atoms with E-state index < -0.39 is 0 Å². The average Bonchev–Trinajstić information content (AvgIpc) is 3.06. The van der Waals surface area contributed by atoms with Gasteiger partial charge in [-0.3, -0.25) is 4.98 Å². The van der Waals surface area contributed by atoms with E-state index in [9.17, 15) is 0 Å². The Labute approximate surface area is 159 Å². The molecule has 2 heterocycles. The number of anilines is 1. The lowest BCUT2D eigenvalue weighted by Gasteiger charge is -2.15. The number of benzene rings is 2. The first-order valence-electron chi connectivity index (χ1n) is 9.34. The Morgan fingerprint density at radius 2 is 2.00 bits per heavy atom. The molecule has 27 heavy (non-hydrogen) atoms. The van der Waals surface area contributed by atoms with E-state index in [1.807, 2.05) is 18.5 Å². The maximum Gasteiger partial charge on any atom is 0.119 e. The van der Waals surface area contributed by atoms with Gasteiger partial charge in [0.05, 0.1) is 18.3 Å². The zero-order chi connectivity index (χ0) is 19.0. The number of aryl methyl sites for hydroxylation is 1. The zero-order valence-corrected chi connectivity index (χ0v) is 16.4. The number of aromatic amines is 1. The monoisotopic (exact) mass is 362 g/mol. The van der Waals surface area contributed by atoms with Crippen LogP contribution in [0.1, 0.15) is 12.0 Å². The van der Waals surface area contributed by atoms with E-state index in [2.05, 4.69) is 59.4 Å². The molecule has 0 fully saturated rings. The minimum atomic E-state index is 0.867. The summed E-state index contributed by atoms with van der Waals surface area (Å²) in [6, 6.07) is 8.30. The molecule has 0 aliphatic carbocycles. The van der Waals surface area contributed by atoms with Crippen molar-refractivity contribution in [3.63, 3.8) is 0 Å². The summed E-state index contributed by atoms with van der Waals surface area (Å²) in [5.74, 6) is 0.867. The second kappa shape index (κ2) is 7.08. The van der Waals surface area contributed by atoms with E-state index >= 15 is 0 Å². The van der Waals surface area contributed by atoms with Crippen LogP contribution in [0.5, 0.6) is 5.75 Å². The number of nitrogens with zero attached hydrogens (tertiary/aromatic N) is 2. The van der Waals surface area contributed by atoms with Crippen LogP contribution in [0.15, 0.2) is 36.7 Å². The molecule has 5 heteroatoms. The third kappa shape index (κ3) is 3.08. The number of methoxy groups -OCH3 is 1. The van der Waals surface area contributed by atoms with Crippen LogP contribution in [0.2, 0.25) is 0 Å². The molecule has 0 saturated carbocycles. The van der Waals surface area contributed by atoms with Gasteiger partial charge in [0, 0.05) is 40.6 Å². The molecule has 2 aromatic carbocycles. The summed E-state index contributed by atoms with van der Waals surface area (Å²) < 4.78 is 5.47. The molecule has 0 unspecified atom stereocenters. The fourth-order valence-electron chi connectivity index (χ4n) is 3.82. The topological polar surface area (TPSA) is 53.2 Å². The predicted octanol–water partition coefficient (Wildman–Crippen LogP) is 4.55. The number of aromatic nitrogens is 2. The van der Waals surface area contributed by atoms with Gasteiger partial charge >= 0.3 is 0 Å². The molecule has 0 aliphatic heterocycles. The molecule has 5 nitrogen and oxygen atoms in total. The lowest BCUT2D eigenvalue weighted by molar-refractivity contribution is 0.405. The molecule has 0 bridgehead atoms. The first-order valence-corrected chi connectivity index (χ1v) is 9.34. The van der Waals surface area contributed by atoms with E-state index in [4.69, 9.17) is 4.74 Å². The van der Waals surface area contributed by atoms with Crippen molar-refractivity contribution in [3.05, 3.63) is 42.2 Å². The summed E-state index contributed by atoms with van der Waals surface area (Å²) in [7, 11) is 5.92.